The number of ketones is 1. The van der Waals surface area contributed by atoms with E-state index in [4.69, 9.17) is 4.74 Å². The Morgan fingerprint density at radius 2 is 1.89 bits per heavy atom. The Morgan fingerprint density at radius 1 is 1.15 bits per heavy atom. The topological polar surface area (TPSA) is 89.8 Å². The van der Waals surface area contributed by atoms with Crippen LogP contribution in [-0.4, -0.2) is 30.3 Å². The fourth-order valence-electron chi connectivity index (χ4n) is 3.20. The van der Waals surface area contributed by atoms with Crippen molar-refractivity contribution in [2.24, 2.45) is 0 Å². The first kappa shape index (κ1) is 18.6. The van der Waals surface area contributed by atoms with Crippen LogP contribution in [0.4, 0.5) is 11.4 Å². The number of non-ortho nitro benzene ring substituents is 1. The molecule has 0 N–H and O–H groups in total. The van der Waals surface area contributed by atoms with Crippen molar-refractivity contribution in [2.75, 3.05) is 18.6 Å². The third-order valence-corrected chi connectivity index (χ3v) is 4.68. The number of hydrogen-bond acceptors (Lipinski definition) is 5. The first-order valence-corrected chi connectivity index (χ1v) is 8.74. The Balaban J connectivity index is 1.57. The number of benzene rings is 2. The summed E-state index contributed by atoms with van der Waals surface area (Å²) in [5.41, 5.74) is 2.10. The van der Waals surface area contributed by atoms with Gasteiger partial charge in [-0.3, -0.25) is 19.7 Å². The molecule has 1 aliphatic rings. The molecule has 0 spiro atoms. The van der Waals surface area contributed by atoms with Gasteiger partial charge < -0.3 is 9.64 Å². The molecule has 7 heteroatoms. The highest BCUT2D eigenvalue weighted by Crippen LogP contribution is 2.32. The lowest BCUT2D eigenvalue weighted by molar-refractivity contribution is -0.384. The summed E-state index contributed by atoms with van der Waals surface area (Å²) in [5, 5.41) is 11.0. The molecule has 27 heavy (non-hydrogen) atoms. The number of nitro benzene ring substituents is 1. The molecule has 0 fully saturated rings. The van der Waals surface area contributed by atoms with Crippen LogP contribution in [0, 0.1) is 10.1 Å². The van der Waals surface area contributed by atoms with Gasteiger partial charge >= 0.3 is 0 Å². The second-order valence-corrected chi connectivity index (χ2v) is 6.37. The standard InChI is InChI=1S/C20H20N2O5/c1-27-17-9-6-15(7-10-17)19(23)3-2-4-20(24)21-12-11-14-5-8-16(22(25)26)13-18(14)21/h5-10,13H,2-4,11-12H2,1H3. The third-order valence-electron chi connectivity index (χ3n) is 4.68. The van der Waals surface area contributed by atoms with E-state index in [-0.39, 0.29) is 30.2 Å². The zero-order valence-electron chi connectivity index (χ0n) is 15.0. The lowest BCUT2D eigenvalue weighted by atomic mass is 10.0. The molecule has 0 aromatic heterocycles. The number of anilines is 1. The Kier molecular flexibility index (Phi) is 5.49. The number of fused-ring (bicyclic) bond motifs is 1. The van der Waals surface area contributed by atoms with Gasteiger partial charge in [0, 0.05) is 37.1 Å². The van der Waals surface area contributed by atoms with E-state index in [2.05, 4.69) is 0 Å². The fraction of sp³-hybridized carbons (Fsp3) is 0.300. The second kappa shape index (κ2) is 7.99. The predicted octanol–water partition coefficient (Wildman–Crippen LogP) is 3.55. The van der Waals surface area contributed by atoms with E-state index < -0.39 is 4.92 Å². The summed E-state index contributed by atoms with van der Waals surface area (Å²) < 4.78 is 5.07. The van der Waals surface area contributed by atoms with E-state index in [0.29, 0.717) is 36.4 Å². The highest BCUT2D eigenvalue weighted by Gasteiger charge is 2.26. The lowest BCUT2D eigenvalue weighted by Crippen LogP contribution is -2.28. The Morgan fingerprint density at radius 3 is 2.56 bits per heavy atom. The molecule has 0 atom stereocenters. The molecule has 3 rings (SSSR count). The number of amides is 1. The van der Waals surface area contributed by atoms with Crippen LogP contribution in [0.2, 0.25) is 0 Å². The van der Waals surface area contributed by atoms with Crippen LogP contribution in [0.15, 0.2) is 42.5 Å². The molecule has 2 aromatic rings. The molecular formula is C20H20N2O5. The number of carbonyl (C=O) groups is 2. The largest absolute Gasteiger partial charge is 0.497 e. The smallest absolute Gasteiger partial charge is 0.271 e. The number of nitrogens with zero attached hydrogens (tertiary/aromatic N) is 2. The molecular weight excluding hydrogens is 348 g/mol. The monoisotopic (exact) mass is 368 g/mol. The number of ether oxygens (including phenoxy) is 1. The van der Waals surface area contributed by atoms with Gasteiger partial charge in [0.25, 0.3) is 5.69 Å². The maximum atomic E-state index is 12.5. The van der Waals surface area contributed by atoms with Crippen molar-refractivity contribution in [2.45, 2.75) is 25.7 Å². The maximum absolute atomic E-state index is 12.5. The van der Waals surface area contributed by atoms with Gasteiger partial charge in [0.05, 0.1) is 17.7 Å². The molecule has 7 nitrogen and oxygen atoms in total. The zero-order valence-corrected chi connectivity index (χ0v) is 15.0. The average molecular weight is 368 g/mol. The Labute approximate surface area is 156 Å². The highest BCUT2D eigenvalue weighted by molar-refractivity contribution is 5.98. The molecule has 1 amide bonds. The molecule has 0 bridgehead atoms. The molecule has 0 unspecified atom stereocenters. The number of methoxy groups -OCH3 is 1. The van der Waals surface area contributed by atoms with Crippen LogP contribution in [0.1, 0.15) is 35.2 Å². The molecule has 0 saturated heterocycles. The van der Waals surface area contributed by atoms with Crippen molar-refractivity contribution in [1.29, 1.82) is 0 Å². The van der Waals surface area contributed by atoms with Crippen molar-refractivity contribution in [3.8, 4) is 5.75 Å². The number of carbonyl (C=O) groups excluding carboxylic acids is 2. The van der Waals surface area contributed by atoms with Crippen molar-refractivity contribution in [3.63, 3.8) is 0 Å². The van der Waals surface area contributed by atoms with Gasteiger partial charge in [-0.15, -0.1) is 0 Å². The lowest BCUT2D eigenvalue weighted by Gasteiger charge is -2.17. The summed E-state index contributed by atoms with van der Waals surface area (Å²) >= 11 is 0. The summed E-state index contributed by atoms with van der Waals surface area (Å²) in [4.78, 5) is 36.8. The van der Waals surface area contributed by atoms with Crippen LogP contribution in [0.25, 0.3) is 0 Å². The van der Waals surface area contributed by atoms with Crippen LogP contribution in [0.3, 0.4) is 0 Å². The summed E-state index contributed by atoms with van der Waals surface area (Å²) in [5.74, 6) is 0.545. The number of Topliss-reactive ketones (excluding diaryl/α,β-unsaturated/α-hetero) is 1. The minimum absolute atomic E-state index is 0.0249. The van der Waals surface area contributed by atoms with Gasteiger partial charge in [0.1, 0.15) is 5.75 Å². The van der Waals surface area contributed by atoms with E-state index in [1.807, 2.05) is 0 Å². The van der Waals surface area contributed by atoms with Gasteiger partial charge in [0.2, 0.25) is 5.91 Å². The third kappa shape index (κ3) is 4.13. The number of hydrogen-bond donors (Lipinski definition) is 0. The zero-order chi connectivity index (χ0) is 19.4. The van der Waals surface area contributed by atoms with E-state index in [9.17, 15) is 19.7 Å². The summed E-state index contributed by atoms with van der Waals surface area (Å²) in [6.07, 6.45) is 1.62. The van der Waals surface area contributed by atoms with Crippen molar-refractivity contribution in [1.82, 2.24) is 0 Å². The Hall–Kier alpha value is -3.22. The van der Waals surface area contributed by atoms with E-state index in [1.165, 1.54) is 12.1 Å². The predicted molar refractivity (Wildman–Crippen MR) is 100 cm³/mol. The van der Waals surface area contributed by atoms with Gasteiger partial charge in [-0.05, 0) is 42.7 Å². The van der Waals surface area contributed by atoms with E-state index >= 15 is 0 Å². The van der Waals surface area contributed by atoms with Crippen LogP contribution in [-0.2, 0) is 11.2 Å². The van der Waals surface area contributed by atoms with E-state index in [0.717, 1.165) is 5.56 Å². The molecule has 1 heterocycles. The second-order valence-electron chi connectivity index (χ2n) is 6.37. The van der Waals surface area contributed by atoms with E-state index in [1.54, 1.807) is 42.3 Å². The normalized spacial score (nSPS) is 12.6. The summed E-state index contributed by atoms with van der Waals surface area (Å²) in [6, 6.07) is 11.5. The van der Waals surface area contributed by atoms with Gasteiger partial charge in [-0.1, -0.05) is 6.07 Å². The quantitative estimate of drug-likeness (QED) is 0.423. The summed E-state index contributed by atoms with van der Waals surface area (Å²) in [7, 11) is 1.56. The molecule has 0 aliphatic carbocycles. The van der Waals surface area contributed by atoms with Crippen LogP contribution < -0.4 is 9.64 Å². The number of rotatable bonds is 7. The van der Waals surface area contributed by atoms with Gasteiger partial charge in [-0.2, -0.15) is 0 Å². The minimum Gasteiger partial charge on any atom is -0.497 e. The van der Waals surface area contributed by atoms with Crippen molar-refractivity contribution in [3.05, 3.63) is 63.7 Å². The first-order chi connectivity index (χ1) is 13.0. The fourth-order valence-corrected chi connectivity index (χ4v) is 3.20. The van der Waals surface area contributed by atoms with Crippen molar-refractivity contribution < 1.29 is 19.2 Å². The van der Waals surface area contributed by atoms with Crippen LogP contribution in [0.5, 0.6) is 5.75 Å². The molecule has 140 valence electrons. The average Bonchev–Trinajstić information content (AvgIpc) is 3.11. The van der Waals surface area contributed by atoms with Gasteiger partial charge in [-0.25, -0.2) is 0 Å². The molecule has 0 radical (unpaired) electrons. The highest BCUT2D eigenvalue weighted by atomic mass is 16.6. The van der Waals surface area contributed by atoms with Gasteiger partial charge in [0.15, 0.2) is 5.78 Å². The van der Waals surface area contributed by atoms with Crippen molar-refractivity contribution >= 4 is 23.1 Å². The molecule has 0 saturated carbocycles. The van der Waals surface area contributed by atoms with Crippen LogP contribution >= 0.6 is 0 Å². The summed E-state index contributed by atoms with van der Waals surface area (Å²) in [6.45, 7) is 0.516. The Bertz CT molecular complexity index is 876. The molecule has 1 aliphatic heterocycles. The minimum atomic E-state index is -0.464. The SMILES string of the molecule is COc1ccc(C(=O)CCCC(=O)N2CCc3ccc([N+](=O)[O-])cc32)cc1. The maximum Gasteiger partial charge on any atom is 0.271 e. The first-order valence-electron chi connectivity index (χ1n) is 8.74. The molecule has 2 aromatic carbocycles. The number of nitro groups is 1.